The quantitative estimate of drug-likeness (QED) is 0.803. The van der Waals surface area contributed by atoms with Crippen LogP contribution in [0.3, 0.4) is 0 Å². The Bertz CT molecular complexity index is 861. The highest BCUT2D eigenvalue weighted by atomic mass is 16.6. The molecule has 1 fully saturated rings. The summed E-state index contributed by atoms with van der Waals surface area (Å²) in [5, 5.41) is 5.84. The number of rotatable bonds is 6. The lowest BCUT2D eigenvalue weighted by atomic mass is 10.2. The average molecular weight is 344 g/mol. The van der Waals surface area contributed by atoms with Crippen LogP contribution in [-0.4, -0.2) is 40.7 Å². The Morgan fingerprint density at radius 1 is 1.40 bits per heavy atom. The summed E-state index contributed by atoms with van der Waals surface area (Å²) in [6.45, 7) is 2.90. The molecule has 0 radical (unpaired) electrons. The Hall–Kier alpha value is -2.90. The van der Waals surface area contributed by atoms with E-state index in [1.165, 1.54) is 0 Å². The molecule has 1 aromatic carbocycles. The molecule has 8 nitrogen and oxygen atoms in total. The second-order valence-corrected chi connectivity index (χ2v) is 5.95. The molecule has 1 aliphatic rings. The number of ether oxygens (including phenoxy) is 1. The Balaban J connectivity index is 1.53. The summed E-state index contributed by atoms with van der Waals surface area (Å²) >= 11 is 0. The third-order valence-electron chi connectivity index (χ3n) is 4.11. The molecular weight excluding hydrogens is 324 g/mol. The first kappa shape index (κ1) is 16.9. The molecular formula is C17H20N4O4. The number of amides is 2. The van der Waals surface area contributed by atoms with E-state index in [4.69, 9.17) is 4.74 Å². The first-order valence-corrected chi connectivity index (χ1v) is 8.22. The van der Waals surface area contributed by atoms with Crippen molar-refractivity contribution in [2.45, 2.75) is 32.4 Å². The fraction of sp³-hybridized carbons (Fsp3) is 0.412. The molecule has 1 aromatic heterocycles. The van der Waals surface area contributed by atoms with E-state index in [9.17, 15) is 14.4 Å². The predicted octanol–water partition coefficient (Wildman–Crippen LogP) is 0.710. The number of carbonyl (C=O) groups excluding carboxylic acids is 2. The van der Waals surface area contributed by atoms with E-state index in [-0.39, 0.29) is 30.5 Å². The van der Waals surface area contributed by atoms with Gasteiger partial charge in [-0.15, -0.1) is 0 Å². The fourth-order valence-corrected chi connectivity index (χ4v) is 2.80. The number of fused-ring (bicyclic) bond motifs is 1. The molecule has 0 unspecified atom stereocenters. The maximum atomic E-state index is 12.5. The molecule has 0 spiro atoms. The van der Waals surface area contributed by atoms with Gasteiger partial charge in [0.1, 0.15) is 11.9 Å². The molecule has 2 amide bonds. The van der Waals surface area contributed by atoms with Crippen LogP contribution >= 0.6 is 0 Å². The van der Waals surface area contributed by atoms with Gasteiger partial charge >= 0.3 is 6.09 Å². The van der Waals surface area contributed by atoms with E-state index in [0.717, 1.165) is 0 Å². The second kappa shape index (κ2) is 7.33. The normalized spacial score (nSPS) is 16.5. The van der Waals surface area contributed by atoms with Crippen LogP contribution in [0.15, 0.2) is 29.1 Å². The fourth-order valence-electron chi connectivity index (χ4n) is 2.80. The highest BCUT2D eigenvalue weighted by Crippen LogP contribution is 2.08. The third-order valence-corrected chi connectivity index (χ3v) is 4.11. The number of cyclic esters (lactones) is 1. The van der Waals surface area contributed by atoms with Gasteiger partial charge in [0.2, 0.25) is 5.91 Å². The first-order chi connectivity index (χ1) is 12.0. The number of nitrogens with zero attached hydrogens (tertiary/aromatic N) is 2. The topological polar surface area (TPSA) is 102 Å². The van der Waals surface area contributed by atoms with Gasteiger partial charge in [-0.1, -0.05) is 12.1 Å². The SMILES string of the molecule is Cc1nc2ccccc2c(=O)n1CCCC(=O)NC[C@H]1CNC(=O)O1. The number of para-hydroxylation sites is 1. The highest BCUT2D eigenvalue weighted by Gasteiger charge is 2.22. The van der Waals surface area contributed by atoms with E-state index in [0.29, 0.717) is 36.2 Å². The Morgan fingerprint density at radius 3 is 2.96 bits per heavy atom. The third kappa shape index (κ3) is 3.96. The van der Waals surface area contributed by atoms with E-state index in [1.807, 2.05) is 18.2 Å². The summed E-state index contributed by atoms with van der Waals surface area (Å²) in [5.41, 5.74) is 0.589. The van der Waals surface area contributed by atoms with Gasteiger partial charge in [-0.2, -0.15) is 0 Å². The van der Waals surface area contributed by atoms with Crippen LogP contribution in [0.5, 0.6) is 0 Å². The number of benzene rings is 1. The van der Waals surface area contributed by atoms with Gasteiger partial charge in [0.05, 0.1) is 24.0 Å². The van der Waals surface area contributed by atoms with E-state index in [1.54, 1.807) is 17.6 Å². The maximum Gasteiger partial charge on any atom is 0.407 e. The number of carbonyl (C=O) groups is 2. The van der Waals surface area contributed by atoms with Crippen molar-refractivity contribution in [2.24, 2.45) is 0 Å². The van der Waals surface area contributed by atoms with Gasteiger partial charge in [-0.3, -0.25) is 14.2 Å². The van der Waals surface area contributed by atoms with Crippen LogP contribution in [0.2, 0.25) is 0 Å². The van der Waals surface area contributed by atoms with Crippen molar-refractivity contribution in [1.29, 1.82) is 0 Å². The predicted molar refractivity (Wildman–Crippen MR) is 91.3 cm³/mol. The minimum atomic E-state index is -0.460. The zero-order valence-electron chi connectivity index (χ0n) is 13.9. The maximum absolute atomic E-state index is 12.5. The van der Waals surface area contributed by atoms with Gasteiger partial charge in [0, 0.05) is 13.0 Å². The minimum Gasteiger partial charge on any atom is -0.442 e. The molecule has 0 bridgehead atoms. The van der Waals surface area contributed by atoms with Crippen LogP contribution in [0, 0.1) is 6.92 Å². The monoisotopic (exact) mass is 344 g/mol. The smallest absolute Gasteiger partial charge is 0.407 e. The van der Waals surface area contributed by atoms with Gasteiger partial charge < -0.3 is 15.4 Å². The summed E-state index contributed by atoms with van der Waals surface area (Å²) in [6.07, 6.45) is 0.0196. The molecule has 2 heterocycles. The standard InChI is InChI=1S/C17H20N4O4/c1-11-20-14-6-3-2-5-13(14)16(23)21(11)8-4-7-15(22)18-9-12-10-19-17(24)25-12/h2-3,5-6,12H,4,7-10H2,1H3,(H,18,22)(H,19,24)/t12-/m0/s1. The van der Waals surface area contributed by atoms with E-state index >= 15 is 0 Å². The Morgan fingerprint density at radius 2 is 2.20 bits per heavy atom. The number of hydrogen-bond donors (Lipinski definition) is 2. The summed E-state index contributed by atoms with van der Waals surface area (Å²) in [6, 6.07) is 7.22. The molecule has 0 saturated carbocycles. The lowest BCUT2D eigenvalue weighted by molar-refractivity contribution is -0.121. The number of nitrogens with one attached hydrogen (secondary N) is 2. The Labute approximate surface area is 144 Å². The van der Waals surface area contributed by atoms with Crippen molar-refractivity contribution < 1.29 is 14.3 Å². The molecule has 1 atom stereocenters. The summed E-state index contributed by atoms with van der Waals surface area (Å²) in [7, 11) is 0. The van der Waals surface area contributed by atoms with Crippen molar-refractivity contribution in [3.8, 4) is 0 Å². The van der Waals surface area contributed by atoms with Crippen LogP contribution < -0.4 is 16.2 Å². The Kier molecular flexibility index (Phi) is 4.97. The number of alkyl carbamates (subject to hydrolysis) is 1. The van der Waals surface area contributed by atoms with Crippen molar-refractivity contribution >= 4 is 22.9 Å². The second-order valence-electron chi connectivity index (χ2n) is 5.95. The number of aromatic nitrogens is 2. The van der Waals surface area contributed by atoms with Crippen molar-refractivity contribution in [1.82, 2.24) is 20.2 Å². The lowest BCUT2D eigenvalue weighted by Gasteiger charge is -2.11. The molecule has 8 heteroatoms. The molecule has 132 valence electrons. The molecule has 2 aromatic rings. The minimum absolute atomic E-state index is 0.0903. The summed E-state index contributed by atoms with van der Waals surface area (Å²) < 4.78 is 6.53. The molecule has 1 saturated heterocycles. The van der Waals surface area contributed by atoms with Crippen LogP contribution in [0.4, 0.5) is 4.79 Å². The molecule has 2 N–H and O–H groups in total. The van der Waals surface area contributed by atoms with Gasteiger partial charge in [-0.05, 0) is 25.5 Å². The zero-order chi connectivity index (χ0) is 17.8. The molecule has 3 rings (SSSR count). The van der Waals surface area contributed by atoms with E-state index < -0.39 is 6.09 Å². The molecule has 1 aliphatic heterocycles. The zero-order valence-corrected chi connectivity index (χ0v) is 13.9. The van der Waals surface area contributed by atoms with Crippen molar-refractivity contribution in [2.75, 3.05) is 13.1 Å². The highest BCUT2D eigenvalue weighted by molar-refractivity contribution is 5.77. The van der Waals surface area contributed by atoms with Crippen LogP contribution in [0.1, 0.15) is 18.7 Å². The summed E-state index contributed by atoms with van der Waals surface area (Å²) in [5.74, 6) is 0.496. The largest absolute Gasteiger partial charge is 0.442 e. The average Bonchev–Trinajstić information content (AvgIpc) is 3.01. The van der Waals surface area contributed by atoms with Crippen LogP contribution in [-0.2, 0) is 16.1 Å². The number of aryl methyl sites for hydroxylation is 1. The van der Waals surface area contributed by atoms with Crippen LogP contribution in [0.25, 0.3) is 10.9 Å². The number of hydrogen-bond acceptors (Lipinski definition) is 5. The molecule has 0 aliphatic carbocycles. The first-order valence-electron chi connectivity index (χ1n) is 8.22. The summed E-state index contributed by atoms with van der Waals surface area (Å²) in [4.78, 5) is 39.7. The molecule has 25 heavy (non-hydrogen) atoms. The van der Waals surface area contributed by atoms with Crippen molar-refractivity contribution in [3.05, 3.63) is 40.4 Å². The lowest BCUT2D eigenvalue weighted by Crippen LogP contribution is -2.34. The van der Waals surface area contributed by atoms with Gasteiger partial charge in [0.15, 0.2) is 0 Å². The van der Waals surface area contributed by atoms with E-state index in [2.05, 4.69) is 15.6 Å². The van der Waals surface area contributed by atoms with Crippen molar-refractivity contribution in [3.63, 3.8) is 0 Å². The van der Waals surface area contributed by atoms with Gasteiger partial charge in [0.25, 0.3) is 5.56 Å². The van der Waals surface area contributed by atoms with Gasteiger partial charge in [-0.25, -0.2) is 9.78 Å².